The zero-order chi connectivity index (χ0) is 65.4. The topological polar surface area (TPSA) is 293 Å². The van der Waals surface area contributed by atoms with Crippen LogP contribution >= 0.6 is 34.8 Å². The van der Waals surface area contributed by atoms with E-state index in [0.717, 1.165) is 42.6 Å². The molecule has 0 saturated heterocycles. The average Bonchev–Trinajstić information content (AvgIpc) is 1.59. The fourth-order valence-electron chi connectivity index (χ4n) is 7.10. The molecule has 0 heterocycles. The minimum atomic E-state index is -0.700. The summed E-state index contributed by atoms with van der Waals surface area (Å²) < 4.78 is 5.25. The molecule has 8 rings (SSSR count). The number of nitrogens with one attached hydrogen (secondary N) is 4. The second kappa shape index (κ2) is 50.7. The molecule has 0 bridgehead atoms. The number of fused-ring (bicyclic) bond motifs is 4. The average molecular weight is 1320 g/mol. The number of phenols is 4. The number of hydrogen-bond donors (Lipinski definition) is 11. The highest BCUT2D eigenvalue weighted by Gasteiger charge is 2.24. The van der Waals surface area contributed by atoms with E-state index in [9.17, 15) is 44.4 Å². The molecule has 18 nitrogen and oxygen atoms in total. The highest BCUT2D eigenvalue weighted by molar-refractivity contribution is 6.67. The molecule has 0 fully saturated rings. The summed E-state index contributed by atoms with van der Waals surface area (Å²) in [5, 5.41) is 73.0. The Labute approximate surface area is 548 Å². The number of ether oxygens (including phenoxy) is 1. The Bertz CT molecular complexity index is 3340. The van der Waals surface area contributed by atoms with Gasteiger partial charge in [0.2, 0.25) is 23.0 Å². The number of carbonyl (C=O) groups is 5. The lowest BCUT2D eigenvalue weighted by Gasteiger charge is -2.26. The molecule has 502 valence electrons. The lowest BCUT2D eigenvalue weighted by molar-refractivity contribution is -0.117. The van der Waals surface area contributed by atoms with Crippen LogP contribution in [-0.2, 0) is 23.9 Å². The van der Waals surface area contributed by atoms with Crippen LogP contribution in [-0.4, -0.2) is 121 Å². The lowest BCUT2D eigenvalue weighted by atomic mass is 10.1. The van der Waals surface area contributed by atoms with Crippen molar-refractivity contribution in [3.63, 3.8) is 0 Å². The van der Waals surface area contributed by atoms with Crippen molar-refractivity contribution < 1.29 is 65.5 Å². The van der Waals surface area contributed by atoms with E-state index in [-0.39, 0.29) is 108 Å². The van der Waals surface area contributed by atoms with Crippen LogP contribution in [0.2, 0.25) is 0 Å². The number of phenolic OH excluding ortho intramolecular Hbond substituents is 4. The van der Waals surface area contributed by atoms with Gasteiger partial charge in [-0.05, 0) is 127 Å². The predicted octanol–water partition coefficient (Wildman–Crippen LogP) is 16.0. The Morgan fingerprint density at radius 1 is 0.511 bits per heavy atom. The Morgan fingerprint density at radius 2 is 0.844 bits per heavy atom. The standard InChI is InChI=1S/C19H24N2O5.C14H16N2O3.C12H10ClNO2.C10H9NO.C2H2Cl2O.4C2H6.3CH4.FH.H2/c1-19(2,3)26-18(25)21(9-10-22)12-17(24)20-16-6-4-5-13-7-8-14(23)11-15(13)16;17-7-6-15-9-14(19)16-13-3-1-2-10-4-5-11(18)8-12(10)13;13-7-12(16)14-11-3-1-2-8-4-5-9(15)6-10(8)11;11-10-3-1-2-7-4-5-8(12)6-9(7)10;3-1-2(4)5;4*1-2;;;;;/h4-8,11,22-23H,9-10,12H2,1-3H3,(H,20,24);1-5,8,15,17-18H,6-7,9H2,(H,16,19);1-6,15H,7H2,(H,14,16);1-6,12H,11H2;1H2;4*1-2H3;3*1H4;2*1H/i;;;;;;;;;;;;;1+2. The molecule has 8 aromatic rings. The molecule has 90 heavy (non-hydrogen) atoms. The summed E-state index contributed by atoms with van der Waals surface area (Å²) in [5.41, 5.74) is 7.54. The van der Waals surface area contributed by atoms with Gasteiger partial charge < -0.3 is 62.4 Å². The van der Waals surface area contributed by atoms with Crippen molar-refractivity contribution in [2.45, 2.75) is 104 Å². The summed E-state index contributed by atoms with van der Waals surface area (Å²) >= 11 is 15.0. The van der Waals surface area contributed by atoms with Crippen LogP contribution in [0, 0.1) is 0 Å². The fraction of sp³-hybridized carbons (Fsp3) is 0.338. The molecule has 0 aromatic heterocycles. The first-order valence-electron chi connectivity index (χ1n) is 27.9. The van der Waals surface area contributed by atoms with Gasteiger partial charge in [-0.3, -0.25) is 28.8 Å². The van der Waals surface area contributed by atoms with Gasteiger partial charge in [0.15, 0.2) is 0 Å². The number of amides is 4. The summed E-state index contributed by atoms with van der Waals surface area (Å²) in [6.45, 7) is 21.1. The van der Waals surface area contributed by atoms with Crippen LogP contribution in [0.3, 0.4) is 0 Å². The molecule has 22 heteroatoms. The number of nitrogens with zero attached hydrogens (tertiary/aromatic N) is 1. The maximum Gasteiger partial charge on any atom is 0.410 e. The molecular weight excluding hydrogens is 1220 g/mol. The third-order valence-corrected chi connectivity index (χ3v) is 11.2. The number of alkyl halides is 2. The number of nitrogens with two attached hydrogens (primary N) is 1. The van der Waals surface area contributed by atoms with Crippen LogP contribution in [0.25, 0.3) is 43.1 Å². The van der Waals surface area contributed by atoms with Gasteiger partial charge in [-0.15, -0.1) is 23.2 Å². The first-order chi connectivity index (χ1) is 41.1. The normalized spacial score (nSPS) is 9.38. The van der Waals surface area contributed by atoms with Crippen molar-refractivity contribution in [2.24, 2.45) is 0 Å². The minimum absolute atomic E-state index is 0. The molecule has 0 aliphatic rings. The maximum absolute atomic E-state index is 12.4. The van der Waals surface area contributed by atoms with Crippen LogP contribution < -0.4 is 27.0 Å². The Hall–Kier alpha value is -8.17. The van der Waals surface area contributed by atoms with Crippen LogP contribution in [0.1, 0.15) is 99.9 Å². The minimum Gasteiger partial charge on any atom is -0.508 e. The number of carbonyl (C=O) groups excluding carboxylic acids is 5. The molecule has 0 unspecified atom stereocenters. The summed E-state index contributed by atoms with van der Waals surface area (Å²) in [7, 11) is 0. The molecule has 0 aliphatic heterocycles. The van der Waals surface area contributed by atoms with E-state index in [2.05, 4.69) is 21.3 Å². The van der Waals surface area contributed by atoms with Gasteiger partial charge in [-0.1, -0.05) is 150 Å². The van der Waals surface area contributed by atoms with Gasteiger partial charge in [0.1, 0.15) is 41.0 Å². The van der Waals surface area contributed by atoms with Gasteiger partial charge in [0.05, 0.1) is 25.6 Å². The second-order valence-electron chi connectivity index (χ2n) is 17.7. The molecule has 0 saturated carbocycles. The van der Waals surface area contributed by atoms with Gasteiger partial charge in [0, 0.05) is 58.8 Å². The third-order valence-electron chi connectivity index (χ3n) is 10.5. The quantitative estimate of drug-likeness (QED) is 0.0222. The monoisotopic (exact) mass is 1320 g/mol. The van der Waals surface area contributed by atoms with E-state index >= 15 is 0 Å². The zero-order valence-electron chi connectivity index (χ0n) is 51.2. The largest absolute Gasteiger partial charge is 0.508 e. The second-order valence-corrected chi connectivity index (χ2v) is 18.6. The first-order valence-corrected chi connectivity index (χ1v) is 29.3. The molecular formula is C68H100Cl3FN6O12. The van der Waals surface area contributed by atoms with Crippen molar-refractivity contribution >= 4 is 130 Å². The number of aliphatic hydroxyl groups excluding tert-OH is 2. The molecule has 0 atom stereocenters. The van der Waals surface area contributed by atoms with Gasteiger partial charge in [0.25, 0.3) is 0 Å². The van der Waals surface area contributed by atoms with Crippen LogP contribution in [0.4, 0.5) is 32.2 Å². The fourth-order valence-corrected chi connectivity index (χ4v) is 7.16. The van der Waals surface area contributed by atoms with Crippen molar-refractivity contribution in [1.29, 1.82) is 0 Å². The molecule has 0 radical (unpaired) electrons. The summed E-state index contributed by atoms with van der Waals surface area (Å²) in [5.74, 6) is -0.401. The number of hydrogen-bond acceptors (Lipinski definition) is 14. The van der Waals surface area contributed by atoms with Gasteiger partial charge >= 0.3 is 6.09 Å². The van der Waals surface area contributed by atoms with Crippen LogP contribution in [0.15, 0.2) is 146 Å². The summed E-state index contributed by atoms with van der Waals surface area (Å²) in [4.78, 5) is 58.1. The molecule has 0 aliphatic carbocycles. The number of halogens is 4. The molecule has 4 amide bonds. The van der Waals surface area contributed by atoms with E-state index in [1.54, 1.807) is 112 Å². The van der Waals surface area contributed by atoms with E-state index in [4.69, 9.17) is 55.5 Å². The molecule has 8 aromatic carbocycles. The highest BCUT2D eigenvalue weighted by Crippen LogP contribution is 2.30. The van der Waals surface area contributed by atoms with E-state index < -0.39 is 22.8 Å². The SMILES string of the molecule is C.C.C.CC.CC.CC.CC.CC(C)(C)OC(=O)N(CCO)CC(=O)Nc1cccc2ccc(O)cc12.F.Nc1cccc2ccc(O)cc12.O=C(CCl)Nc1cccc2ccc(O)cc12.O=C(CNCCO)Nc1cccc2ccc(O)cc12.O=C(Cl)CCl.[3HH]. The number of aliphatic hydroxyl groups is 2. The molecule has 12 N–H and O–H groups in total. The Balaban J connectivity index is -0.000000250. The molecule has 0 spiro atoms. The van der Waals surface area contributed by atoms with Crippen molar-refractivity contribution in [3.05, 3.63) is 146 Å². The number of anilines is 4. The number of rotatable bonds is 13. The van der Waals surface area contributed by atoms with Crippen molar-refractivity contribution in [3.8, 4) is 23.0 Å². The smallest absolute Gasteiger partial charge is 0.410 e. The first kappa shape index (κ1) is 90.6. The Morgan fingerprint density at radius 3 is 1.18 bits per heavy atom. The van der Waals surface area contributed by atoms with Crippen molar-refractivity contribution in [2.75, 3.05) is 72.8 Å². The number of nitrogen functional groups attached to an aromatic ring is 1. The van der Waals surface area contributed by atoms with Crippen LogP contribution in [0.5, 0.6) is 23.0 Å². The lowest BCUT2D eigenvalue weighted by Crippen LogP contribution is -2.42. The number of benzene rings is 8. The van der Waals surface area contributed by atoms with E-state index in [1.165, 1.54) is 0 Å². The van der Waals surface area contributed by atoms with Crippen molar-refractivity contribution in [1.82, 2.24) is 10.2 Å². The maximum atomic E-state index is 12.4. The van der Waals surface area contributed by atoms with Gasteiger partial charge in [-0.25, -0.2) is 4.79 Å². The Kier molecular flexibility index (Phi) is 51.0. The summed E-state index contributed by atoms with van der Waals surface area (Å²) in [6.07, 6.45) is -0.669. The van der Waals surface area contributed by atoms with E-state index in [0.29, 0.717) is 34.7 Å². The van der Waals surface area contributed by atoms with E-state index in [1.807, 2.05) is 110 Å². The predicted molar refractivity (Wildman–Crippen MR) is 380 cm³/mol. The van der Waals surface area contributed by atoms with Gasteiger partial charge in [-0.2, -0.15) is 0 Å². The highest BCUT2D eigenvalue weighted by atomic mass is 35.5. The third kappa shape index (κ3) is 34.0. The number of aromatic hydroxyl groups is 4. The zero-order valence-corrected chi connectivity index (χ0v) is 53.5. The summed E-state index contributed by atoms with van der Waals surface area (Å²) in [6, 6.07) is 42.2.